The van der Waals surface area contributed by atoms with E-state index in [-0.39, 0.29) is 48.4 Å². The number of benzene rings is 2. The van der Waals surface area contributed by atoms with Gasteiger partial charge < -0.3 is 14.2 Å². The Balaban J connectivity index is 0.00000267. The Labute approximate surface area is 198 Å². The summed E-state index contributed by atoms with van der Waals surface area (Å²) in [5.74, 6) is -2.84. The van der Waals surface area contributed by atoms with Crippen molar-refractivity contribution >= 4 is 34.5 Å². The summed E-state index contributed by atoms with van der Waals surface area (Å²) in [4.78, 5) is 40.0. The van der Waals surface area contributed by atoms with E-state index in [9.17, 15) is 18.8 Å². The minimum absolute atomic E-state index is 0. The summed E-state index contributed by atoms with van der Waals surface area (Å²) in [6.45, 7) is 3.70. The Morgan fingerprint density at radius 1 is 1.14 bits per heavy atom. The fraction of sp³-hybridized carbons (Fsp3) is 0.333. The van der Waals surface area contributed by atoms with E-state index in [1.165, 1.54) is 18.2 Å². The van der Waals surface area contributed by atoms with E-state index in [0.717, 1.165) is 0 Å². The molecule has 3 atom stereocenters. The van der Waals surface area contributed by atoms with E-state index >= 15 is 4.39 Å². The summed E-state index contributed by atoms with van der Waals surface area (Å²) < 4.78 is 41.8. The molecule has 0 bridgehead atoms. The quantitative estimate of drug-likeness (QED) is 0.511. The highest BCUT2D eigenvalue weighted by molar-refractivity contribution is 6.20. The third-order valence-corrected chi connectivity index (χ3v) is 7.09. The van der Waals surface area contributed by atoms with Gasteiger partial charge in [0.1, 0.15) is 11.5 Å². The maximum atomic E-state index is 16.1. The molecule has 182 valence electrons. The number of hydrogen-bond donors (Lipinski definition) is 2. The first-order valence-corrected chi connectivity index (χ1v) is 11.2. The molecule has 1 aromatic heterocycles. The summed E-state index contributed by atoms with van der Waals surface area (Å²) in [6.07, 6.45) is -1.18. The lowest BCUT2D eigenvalue weighted by molar-refractivity contribution is -0.153. The maximum Gasteiger partial charge on any atom is 0.328 e. The van der Waals surface area contributed by atoms with Gasteiger partial charge in [0.25, 0.3) is 0 Å². The zero-order valence-corrected chi connectivity index (χ0v) is 18.7. The molecule has 0 saturated carbocycles. The summed E-state index contributed by atoms with van der Waals surface area (Å²) in [5.41, 5.74) is -1.17. The monoisotopic (exact) mass is 484 g/mol. The molecule has 3 aliphatic heterocycles. The molecule has 11 heteroatoms. The number of imide groups is 2. The number of fused-ring (bicyclic) bond motifs is 5. The van der Waals surface area contributed by atoms with E-state index < -0.39 is 47.0 Å². The van der Waals surface area contributed by atoms with Gasteiger partial charge in [-0.25, -0.2) is 13.6 Å². The van der Waals surface area contributed by atoms with Crippen molar-refractivity contribution in [2.75, 3.05) is 11.4 Å². The molecule has 9 nitrogen and oxygen atoms in total. The number of nitrogens with one attached hydrogen (secondary N) is 2. The lowest BCUT2D eigenvalue weighted by atomic mass is 9.66. The van der Waals surface area contributed by atoms with Crippen LogP contribution in [0.2, 0.25) is 0 Å². The fourth-order valence-electron chi connectivity index (χ4n) is 5.80. The highest BCUT2D eigenvalue weighted by Crippen LogP contribution is 2.49. The van der Waals surface area contributed by atoms with Crippen molar-refractivity contribution < 1.29 is 33.9 Å². The SMILES string of the molecule is C[C@@H]1CN2c3c(cc4c(-c5ccccc5F)noc4c3F)CC3(C(=O)NC(=O)NC3=O)[C@H]2[C@H](C)O1.[HH]. The normalized spacial score (nSPS) is 25.3. The second-order valence-corrected chi connectivity index (χ2v) is 9.22. The van der Waals surface area contributed by atoms with Crippen LogP contribution in [-0.2, 0) is 20.7 Å². The first-order valence-electron chi connectivity index (χ1n) is 11.2. The van der Waals surface area contributed by atoms with Crippen molar-refractivity contribution in [3.63, 3.8) is 0 Å². The van der Waals surface area contributed by atoms with Gasteiger partial charge in [-0.15, -0.1) is 0 Å². The number of rotatable bonds is 1. The highest BCUT2D eigenvalue weighted by Gasteiger charge is 2.63. The topological polar surface area (TPSA) is 114 Å². The Morgan fingerprint density at radius 3 is 2.57 bits per heavy atom. The largest absolute Gasteiger partial charge is 0.372 e. The Kier molecular flexibility index (Phi) is 4.53. The summed E-state index contributed by atoms with van der Waals surface area (Å²) in [6, 6.07) is 5.68. The molecule has 2 saturated heterocycles. The molecular weight excluding hydrogens is 462 g/mol. The molecular formula is C24H22F2N4O5. The number of barbiturate groups is 1. The predicted molar refractivity (Wildman–Crippen MR) is 120 cm³/mol. The number of amides is 4. The number of nitrogens with zero attached hydrogens (tertiary/aromatic N) is 2. The van der Waals surface area contributed by atoms with Crippen molar-refractivity contribution in [3.8, 4) is 11.3 Å². The molecule has 2 N–H and O–H groups in total. The van der Waals surface area contributed by atoms with Gasteiger partial charge in [-0.05, 0) is 37.6 Å². The van der Waals surface area contributed by atoms with Crippen LogP contribution in [0.1, 0.15) is 20.8 Å². The van der Waals surface area contributed by atoms with Crippen molar-refractivity contribution in [1.82, 2.24) is 15.8 Å². The van der Waals surface area contributed by atoms with Gasteiger partial charge in [0.05, 0.1) is 29.3 Å². The Bertz CT molecular complexity index is 1420. The highest BCUT2D eigenvalue weighted by atomic mass is 19.1. The van der Waals surface area contributed by atoms with E-state index in [2.05, 4.69) is 15.8 Å². The van der Waals surface area contributed by atoms with E-state index in [1.54, 1.807) is 30.9 Å². The molecule has 2 fully saturated rings. The minimum atomic E-state index is -1.75. The number of carbonyl (C=O) groups excluding carboxylic acids is 3. The molecule has 0 aliphatic carbocycles. The zero-order valence-electron chi connectivity index (χ0n) is 18.7. The Hall–Kier alpha value is -3.86. The summed E-state index contributed by atoms with van der Waals surface area (Å²) >= 11 is 0. The molecule has 0 unspecified atom stereocenters. The van der Waals surface area contributed by atoms with Gasteiger partial charge in [0.2, 0.25) is 17.4 Å². The zero-order chi connectivity index (χ0) is 24.6. The van der Waals surface area contributed by atoms with Crippen molar-refractivity contribution in [1.29, 1.82) is 0 Å². The molecule has 6 rings (SSSR count). The molecule has 2 aromatic carbocycles. The smallest absolute Gasteiger partial charge is 0.328 e. The molecule has 0 radical (unpaired) electrons. The molecule has 1 spiro atoms. The van der Waals surface area contributed by atoms with Crippen molar-refractivity contribution in [2.45, 2.75) is 38.5 Å². The van der Waals surface area contributed by atoms with Crippen LogP contribution in [-0.4, -0.2) is 47.8 Å². The van der Waals surface area contributed by atoms with Crippen LogP contribution in [0.15, 0.2) is 34.9 Å². The lowest BCUT2D eigenvalue weighted by Crippen LogP contribution is -2.75. The van der Waals surface area contributed by atoms with Crippen molar-refractivity contribution in [2.24, 2.45) is 5.41 Å². The van der Waals surface area contributed by atoms with Crippen LogP contribution < -0.4 is 15.5 Å². The number of morpholine rings is 1. The molecule has 3 aromatic rings. The van der Waals surface area contributed by atoms with E-state index in [1.807, 2.05) is 0 Å². The number of anilines is 1. The standard InChI is InChI=1S/C24H20F2N4O5.H2/c1-10-9-30-18-12(8-24(20(30)11(2)34-10)21(31)27-23(33)28-22(24)32)7-14-17(29-35-19(14)16(18)26)13-5-3-4-6-15(13)25;/h3-7,10-11,20H,8-9H2,1-2H3,(H2,27,28,31,32,33);1H/t10-,11+,20-;/m1./s1. The third-order valence-electron chi connectivity index (χ3n) is 7.09. The van der Waals surface area contributed by atoms with Gasteiger partial charge in [-0.3, -0.25) is 20.2 Å². The molecule has 35 heavy (non-hydrogen) atoms. The second kappa shape index (κ2) is 7.32. The van der Waals surface area contributed by atoms with Crippen LogP contribution in [0, 0.1) is 17.0 Å². The van der Waals surface area contributed by atoms with Crippen LogP contribution in [0.4, 0.5) is 19.3 Å². The van der Waals surface area contributed by atoms with Crippen LogP contribution in [0.25, 0.3) is 22.2 Å². The van der Waals surface area contributed by atoms with Gasteiger partial charge in [0.15, 0.2) is 11.2 Å². The van der Waals surface area contributed by atoms with Crippen LogP contribution in [0.3, 0.4) is 0 Å². The molecule has 4 heterocycles. The number of halogens is 2. The first-order chi connectivity index (χ1) is 16.7. The average molecular weight is 484 g/mol. The third kappa shape index (κ3) is 2.87. The summed E-state index contributed by atoms with van der Waals surface area (Å²) in [7, 11) is 0. The lowest BCUT2D eigenvalue weighted by Gasteiger charge is -2.55. The van der Waals surface area contributed by atoms with Crippen molar-refractivity contribution in [3.05, 3.63) is 47.5 Å². The summed E-state index contributed by atoms with van der Waals surface area (Å²) in [5, 5.41) is 8.53. The minimum Gasteiger partial charge on any atom is -0.372 e. The van der Waals surface area contributed by atoms with Gasteiger partial charge >= 0.3 is 6.03 Å². The van der Waals surface area contributed by atoms with Gasteiger partial charge in [-0.2, -0.15) is 0 Å². The number of carbonyl (C=O) groups is 3. The second-order valence-electron chi connectivity index (χ2n) is 9.22. The van der Waals surface area contributed by atoms with E-state index in [0.29, 0.717) is 5.56 Å². The Morgan fingerprint density at radius 2 is 1.86 bits per heavy atom. The fourth-order valence-corrected chi connectivity index (χ4v) is 5.80. The van der Waals surface area contributed by atoms with Crippen LogP contribution >= 0.6 is 0 Å². The average Bonchev–Trinajstić information content (AvgIpc) is 3.21. The molecule has 4 amide bonds. The predicted octanol–water partition coefficient (Wildman–Crippen LogP) is 2.91. The number of hydrogen-bond acceptors (Lipinski definition) is 7. The van der Waals surface area contributed by atoms with Gasteiger partial charge in [-0.1, -0.05) is 17.3 Å². The van der Waals surface area contributed by atoms with Crippen LogP contribution in [0.5, 0.6) is 0 Å². The number of ether oxygens (including phenoxy) is 1. The maximum absolute atomic E-state index is 16.1. The van der Waals surface area contributed by atoms with Gasteiger partial charge in [0, 0.05) is 20.0 Å². The van der Waals surface area contributed by atoms with E-state index in [4.69, 9.17) is 9.26 Å². The first kappa shape index (κ1) is 21.7. The molecule has 3 aliphatic rings. The number of urea groups is 1. The number of aromatic nitrogens is 1.